The van der Waals surface area contributed by atoms with Gasteiger partial charge in [0.15, 0.2) is 0 Å². The van der Waals surface area contributed by atoms with Crippen LogP contribution in [0, 0.1) is 0 Å². The molecule has 0 bridgehead atoms. The number of hydrogen-bond acceptors (Lipinski definition) is 4. The van der Waals surface area contributed by atoms with Gasteiger partial charge < -0.3 is 5.11 Å². The zero-order valence-electron chi connectivity index (χ0n) is 8.50. The van der Waals surface area contributed by atoms with Crippen LogP contribution >= 0.6 is 27.7 Å². The van der Waals surface area contributed by atoms with Gasteiger partial charge in [-0.2, -0.15) is 0 Å². The Kier molecular flexibility index (Phi) is 3.75. The minimum atomic E-state index is -0.979. The highest BCUT2D eigenvalue weighted by Gasteiger charge is 2.06. The van der Waals surface area contributed by atoms with Gasteiger partial charge in [0.1, 0.15) is 10.1 Å². The van der Waals surface area contributed by atoms with Crippen LogP contribution in [0.3, 0.4) is 0 Å². The number of aromatic nitrogens is 2. The zero-order chi connectivity index (χ0) is 12.3. The quantitative estimate of drug-likeness (QED) is 0.944. The second kappa shape index (κ2) is 5.29. The fourth-order valence-electron chi connectivity index (χ4n) is 1.11. The molecule has 0 aromatic carbocycles. The van der Waals surface area contributed by atoms with Crippen LogP contribution in [-0.4, -0.2) is 21.0 Å². The fourth-order valence-corrected chi connectivity index (χ4v) is 2.33. The van der Waals surface area contributed by atoms with Gasteiger partial charge in [-0.3, -0.25) is 0 Å². The molecule has 0 spiro atoms. The van der Waals surface area contributed by atoms with Crippen molar-refractivity contribution in [2.24, 2.45) is 0 Å². The third-order valence-electron chi connectivity index (χ3n) is 1.91. The number of nitrogens with zero attached hydrogens (tertiary/aromatic N) is 2. The predicted molar refractivity (Wildman–Crippen MR) is 67.3 cm³/mol. The van der Waals surface area contributed by atoms with Crippen molar-refractivity contribution in [3.8, 4) is 0 Å². The monoisotopic (exact) mass is 310 g/mol. The summed E-state index contributed by atoms with van der Waals surface area (Å²) in [6.45, 7) is 0. The summed E-state index contributed by atoms with van der Waals surface area (Å²) in [6.07, 6.45) is 3.03. The maximum Gasteiger partial charge on any atom is 0.337 e. The number of rotatable bonds is 3. The lowest BCUT2D eigenvalue weighted by atomic mass is 10.3. The highest BCUT2D eigenvalue weighted by Crippen LogP contribution is 2.29. The second-order valence-corrected chi connectivity index (χ2v) is 4.95. The SMILES string of the molecule is O=C(O)c1ccc(Sc2ncccc2Br)nc1. The van der Waals surface area contributed by atoms with Gasteiger partial charge in [0, 0.05) is 12.4 Å². The number of halogens is 1. The van der Waals surface area contributed by atoms with Crippen molar-refractivity contribution in [2.75, 3.05) is 0 Å². The standard InChI is InChI=1S/C11H7BrN2O2S/c12-8-2-1-5-13-10(8)17-9-4-3-7(6-14-9)11(15)16/h1-6H,(H,15,16). The van der Waals surface area contributed by atoms with Crippen molar-refractivity contribution in [1.29, 1.82) is 0 Å². The molecule has 0 aliphatic carbocycles. The maximum absolute atomic E-state index is 10.7. The topological polar surface area (TPSA) is 63.1 Å². The molecule has 2 heterocycles. The van der Waals surface area contributed by atoms with Gasteiger partial charge in [-0.05, 0) is 52.0 Å². The van der Waals surface area contributed by atoms with E-state index in [0.29, 0.717) is 5.03 Å². The van der Waals surface area contributed by atoms with Crippen LogP contribution in [0.25, 0.3) is 0 Å². The molecule has 4 nitrogen and oxygen atoms in total. The van der Waals surface area contributed by atoms with Crippen molar-refractivity contribution >= 4 is 33.7 Å². The van der Waals surface area contributed by atoms with Gasteiger partial charge >= 0.3 is 5.97 Å². The summed E-state index contributed by atoms with van der Waals surface area (Å²) < 4.78 is 0.883. The average Bonchev–Trinajstić information content (AvgIpc) is 2.33. The van der Waals surface area contributed by atoms with E-state index in [1.165, 1.54) is 24.0 Å². The molecular formula is C11H7BrN2O2S. The Morgan fingerprint density at radius 3 is 2.71 bits per heavy atom. The minimum Gasteiger partial charge on any atom is -0.478 e. The minimum absolute atomic E-state index is 0.175. The Morgan fingerprint density at radius 2 is 2.12 bits per heavy atom. The van der Waals surface area contributed by atoms with Crippen LogP contribution < -0.4 is 0 Å². The van der Waals surface area contributed by atoms with Crippen molar-refractivity contribution in [2.45, 2.75) is 10.1 Å². The Morgan fingerprint density at radius 1 is 1.29 bits per heavy atom. The normalized spacial score (nSPS) is 10.2. The first kappa shape index (κ1) is 12.1. The van der Waals surface area contributed by atoms with Crippen LogP contribution in [0.4, 0.5) is 0 Å². The van der Waals surface area contributed by atoms with Crippen LogP contribution in [0.2, 0.25) is 0 Å². The third kappa shape index (κ3) is 3.04. The van der Waals surface area contributed by atoms with Crippen LogP contribution in [-0.2, 0) is 0 Å². The molecule has 86 valence electrons. The second-order valence-electron chi connectivity index (χ2n) is 3.08. The molecule has 0 unspecified atom stereocenters. The van der Waals surface area contributed by atoms with Gasteiger partial charge in [0.2, 0.25) is 0 Å². The number of pyridine rings is 2. The summed E-state index contributed by atoms with van der Waals surface area (Å²) in [4.78, 5) is 18.9. The van der Waals surface area contributed by atoms with E-state index in [9.17, 15) is 4.79 Å². The molecule has 0 aliphatic heterocycles. The molecule has 0 aliphatic rings. The van der Waals surface area contributed by atoms with Gasteiger partial charge in [-0.1, -0.05) is 0 Å². The van der Waals surface area contributed by atoms with Crippen molar-refractivity contribution in [1.82, 2.24) is 9.97 Å². The summed E-state index contributed by atoms with van der Waals surface area (Å²) in [5.41, 5.74) is 0.175. The fraction of sp³-hybridized carbons (Fsp3) is 0. The van der Waals surface area contributed by atoms with Crippen molar-refractivity contribution in [3.05, 3.63) is 46.7 Å². The van der Waals surface area contributed by atoms with Gasteiger partial charge in [0.05, 0.1) is 10.0 Å². The van der Waals surface area contributed by atoms with Crippen molar-refractivity contribution < 1.29 is 9.90 Å². The van der Waals surface area contributed by atoms with E-state index in [1.807, 2.05) is 12.1 Å². The molecule has 0 saturated heterocycles. The van der Waals surface area contributed by atoms with Crippen molar-refractivity contribution in [3.63, 3.8) is 0 Å². The molecule has 2 aromatic rings. The number of carboxylic acids is 1. The van der Waals surface area contributed by atoms with Crippen LogP contribution in [0.1, 0.15) is 10.4 Å². The number of carboxylic acid groups (broad SMARTS) is 1. The van der Waals surface area contributed by atoms with E-state index < -0.39 is 5.97 Å². The van der Waals surface area contributed by atoms with E-state index in [-0.39, 0.29) is 5.56 Å². The average molecular weight is 311 g/mol. The lowest BCUT2D eigenvalue weighted by Crippen LogP contribution is -1.96. The smallest absolute Gasteiger partial charge is 0.337 e. The molecule has 0 amide bonds. The molecule has 6 heteroatoms. The number of carbonyl (C=O) groups is 1. The van der Waals surface area contributed by atoms with Gasteiger partial charge in [-0.15, -0.1) is 0 Å². The van der Waals surface area contributed by atoms with E-state index in [4.69, 9.17) is 5.11 Å². The molecule has 1 N–H and O–H groups in total. The number of hydrogen-bond donors (Lipinski definition) is 1. The zero-order valence-corrected chi connectivity index (χ0v) is 10.9. The highest BCUT2D eigenvalue weighted by atomic mass is 79.9. The molecule has 0 saturated carbocycles. The molecule has 0 radical (unpaired) electrons. The Hall–Kier alpha value is -1.40. The highest BCUT2D eigenvalue weighted by molar-refractivity contribution is 9.10. The van der Waals surface area contributed by atoms with E-state index in [1.54, 1.807) is 12.3 Å². The first-order valence-electron chi connectivity index (χ1n) is 4.64. The summed E-state index contributed by atoms with van der Waals surface area (Å²) in [5, 5.41) is 10.2. The summed E-state index contributed by atoms with van der Waals surface area (Å²) in [6, 6.07) is 6.90. The summed E-state index contributed by atoms with van der Waals surface area (Å²) in [7, 11) is 0. The largest absolute Gasteiger partial charge is 0.478 e. The Balaban J connectivity index is 2.20. The lowest BCUT2D eigenvalue weighted by molar-refractivity contribution is 0.0696. The molecule has 2 aromatic heterocycles. The molecule has 2 rings (SSSR count). The van der Waals surface area contributed by atoms with Gasteiger partial charge in [0.25, 0.3) is 0 Å². The van der Waals surface area contributed by atoms with Crippen LogP contribution in [0.5, 0.6) is 0 Å². The Labute approximate surface area is 110 Å². The Bertz CT molecular complexity index is 545. The summed E-state index contributed by atoms with van der Waals surface area (Å²) >= 11 is 4.76. The van der Waals surface area contributed by atoms with E-state index >= 15 is 0 Å². The van der Waals surface area contributed by atoms with Crippen LogP contribution in [0.15, 0.2) is 51.2 Å². The van der Waals surface area contributed by atoms with Gasteiger partial charge in [-0.25, -0.2) is 14.8 Å². The molecule has 0 atom stereocenters. The van der Waals surface area contributed by atoms with E-state index in [0.717, 1.165) is 9.50 Å². The first-order chi connectivity index (χ1) is 8.16. The first-order valence-corrected chi connectivity index (χ1v) is 6.25. The molecular weight excluding hydrogens is 304 g/mol. The summed E-state index contributed by atoms with van der Waals surface area (Å²) in [5.74, 6) is -0.979. The predicted octanol–water partition coefficient (Wildman–Crippen LogP) is 3.09. The maximum atomic E-state index is 10.7. The lowest BCUT2D eigenvalue weighted by Gasteiger charge is -2.02. The molecule has 17 heavy (non-hydrogen) atoms. The number of aromatic carboxylic acids is 1. The van der Waals surface area contributed by atoms with E-state index in [2.05, 4.69) is 25.9 Å². The molecule has 0 fully saturated rings. The third-order valence-corrected chi connectivity index (χ3v) is 3.78.